The molecular formula is C50H31BN2O2. The van der Waals surface area contributed by atoms with E-state index in [0.717, 1.165) is 105 Å². The van der Waals surface area contributed by atoms with E-state index in [1.807, 2.05) is 0 Å². The number of nitrogens with zero attached hydrogens (tertiary/aromatic N) is 2. The lowest BCUT2D eigenvalue weighted by molar-refractivity contribution is 0.473. The van der Waals surface area contributed by atoms with Crippen LogP contribution in [-0.4, -0.2) is 11.3 Å². The van der Waals surface area contributed by atoms with Crippen molar-refractivity contribution >= 4 is 83.5 Å². The van der Waals surface area contributed by atoms with Crippen LogP contribution in [0.4, 0.5) is 17.1 Å². The second-order valence-corrected chi connectivity index (χ2v) is 14.4. The Morgan fingerprint density at radius 3 is 1.62 bits per heavy atom. The summed E-state index contributed by atoms with van der Waals surface area (Å²) in [5.74, 6) is 3.49. The van der Waals surface area contributed by atoms with E-state index in [-0.39, 0.29) is 6.71 Å². The van der Waals surface area contributed by atoms with Crippen LogP contribution in [0.2, 0.25) is 0 Å². The summed E-state index contributed by atoms with van der Waals surface area (Å²) in [6.07, 6.45) is 0. The van der Waals surface area contributed by atoms with Crippen molar-refractivity contribution in [1.82, 2.24) is 4.57 Å². The summed E-state index contributed by atoms with van der Waals surface area (Å²) in [6.45, 7) is -0.0828. The van der Waals surface area contributed by atoms with Crippen molar-refractivity contribution in [1.29, 1.82) is 0 Å². The van der Waals surface area contributed by atoms with Crippen molar-refractivity contribution in [2.45, 2.75) is 0 Å². The van der Waals surface area contributed by atoms with Crippen molar-refractivity contribution in [3.8, 4) is 28.7 Å². The Bertz CT molecular complexity index is 3110. The lowest BCUT2D eigenvalue weighted by atomic mass is 9.34. The molecule has 5 heteroatoms. The molecule has 256 valence electrons. The number of rotatable bonds is 4. The largest absolute Gasteiger partial charge is 0.458 e. The highest BCUT2D eigenvalue weighted by molar-refractivity contribution is 6.98. The van der Waals surface area contributed by atoms with Crippen LogP contribution in [0, 0.1) is 0 Å². The summed E-state index contributed by atoms with van der Waals surface area (Å²) in [4.78, 5) is 2.32. The van der Waals surface area contributed by atoms with Crippen molar-refractivity contribution in [2.75, 3.05) is 4.90 Å². The summed E-state index contributed by atoms with van der Waals surface area (Å²) >= 11 is 0. The maximum atomic E-state index is 7.35. The zero-order chi connectivity index (χ0) is 36.0. The molecule has 0 aliphatic carbocycles. The van der Waals surface area contributed by atoms with Gasteiger partial charge in [-0.1, -0.05) is 133 Å². The maximum absolute atomic E-state index is 7.35. The first-order valence-corrected chi connectivity index (χ1v) is 18.8. The van der Waals surface area contributed by atoms with E-state index in [2.05, 4.69) is 198 Å². The van der Waals surface area contributed by atoms with Gasteiger partial charge in [-0.25, -0.2) is 0 Å². The minimum atomic E-state index is -0.0828. The third-order valence-corrected chi connectivity index (χ3v) is 11.4. The van der Waals surface area contributed by atoms with Gasteiger partial charge in [0.15, 0.2) is 5.75 Å². The van der Waals surface area contributed by atoms with E-state index < -0.39 is 0 Å². The predicted octanol–water partition coefficient (Wildman–Crippen LogP) is 11.3. The standard InChI is InChI=1S/C50H31BN2O2/c1-4-16-34(17-5-1)52(35-18-6-2-7-19-35)37-26-27-40-41-31-45-46-50(47(41)53(44(40)30-37)36-20-8-3-9-21-36)55-49-39-23-13-11-15-33(39)25-29-43(49)51(46)42-28-24-32-14-10-12-22-38(32)48(42)54-45/h1-31H. The zero-order valence-corrected chi connectivity index (χ0v) is 29.7. The number of anilines is 3. The molecule has 4 nitrogen and oxygen atoms in total. The van der Waals surface area contributed by atoms with Gasteiger partial charge in [0.05, 0.1) is 11.0 Å². The normalized spacial score (nSPS) is 12.6. The minimum absolute atomic E-state index is 0.0828. The van der Waals surface area contributed by atoms with Gasteiger partial charge in [0.2, 0.25) is 0 Å². The Morgan fingerprint density at radius 1 is 0.418 bits per heavy atom. The van der Waals surface area contributed by atoms with E-state index in [4.69, 9.17) is 9.47 Å². The van der Waals surface area contributed by atoms with Crippen LogP contribution >= 0.6 is 0 Å². The summed E-state index contributed by atoms with van der Waals surface area (Å²) < 4.78 is 16.8. The molecule has 3 heterocycles. The topological polar surface area (TPSA) is 26.6 Å². The van der Waals surface area contributed by atoms with Gasteiger partial charge < -0.3 is 18.9 Å². The SMILES string of the molecule is c1ccc(N(c2ccccc2)c2ccc3c4cc5c6c(c4n(-c4ccccc4)c3c2)Oc2c(ccc3ccccc23)B6c2ccc3ccccc3c2O5)cc1. The molecule has 0 fully saturated rings. The molecule has 0 N–H and O–H groups in total. The highest BCUT2D eigenvalue weighted by atomic mass is 16.5. The lowest BCUT2D eigenvalue weighted by Crippen LogP contribution is -2.57. The quantitative estimate of drug-likeness (QED) is 0.171. The monoisotopic (exact) mass is 702 g/mol. The number of fused-ring (bicyclic) bond motifs is 12. The molecule has 0 unspecified atom stereocenters. The lowest BCUT2D eigenvalue weighted by Gasteiger charge is -2.34. The highest BCUT2D eigenvalue weighted by Gasteiger charge is 2.43. The first kappa shape index (κ1) is 30.2. The fourth-order valence-electron chi connectivity index (χ4n) is 9.06. The molecule has 2 aliphatic heterocycles. The van der Waals surface area contributed by atoms with Gasteiger partial charge in [0.25, 0.3) is 6.71 Å². The summed E-state index contributed by atoms with van der Waals surface area (Å²) in [5, 5.41) is 6.73. The number of hydrogen-bond acceptors (Lipinski definition) is 3. The predicted molar refractivity (Wildman–Crippen MR) is 228 cm³/mol. The van der Waals surface area contributed by atoms with Crippen molar-refractivity contribution in [3.63, 3.8) is 0 Å². The third kappa shape index (κ3) is 4.41. The van der Waals surface area contributed by atoms with Crippen molar-refractivity contribution < 1.29 is 9.47 Å². The van der Waals surface area contributed by atoms with Crippen LogP contribution in [0.25, 0.3) is 49.0 Å². The minimum Gasteiger partial charge on any atom is -0.458 e. The van der Waals surface area contributed by atoms with Crippen LogP contribution in [0.3, 0.4) is 0 Å². The summed E-state index contributed by atoms with van der Waals surface area (Å²) in [6, 6.07) is 66.9. The average Bonchev–Trinajstić information content (AvgIpc) is 3.58. The molecule has 55 heavy (non-hydrogen) atoms. The third-order valence-electron chi connectivity index (χ3n) is 11.4. The van der Waals surface area contributed by atoms with E-state index in [1.165, 1.54) is 0 Å². The van der Waals surface area contributed by atoms with Crippen molar-refractivity contribution in [3.05, 3.63) is 188 Å². The molecule has 0 spiro atoms. The molecule has 0 amide bonds. The van der Waals surface area contributed by atoms with Gasteiger partial charge >= 0.3 is 0 Å². The molecule has 12 rings (SSSR count). The number of para-hydroxylation sites is 3. The summed E-state index contributed by atoms with van der Waals surface area (Å²) in [5.41, 5.74) is 9.79. The van der Waals surface area contributed by atoms with Crippen LogP contribution in [0.15, 0.2) is 188 Å². The molecular weight excluding hydrogens is 671 g/mol. The number of ether oxygens (including phenoxy) is 2. The molecule has 1 aromatic heterocycles. The van der Waals surface area contributed by atoms with E-state index >= 15 is 0 Å². The van der Waals surface area contributed by atoms with E-state index in [1.54, 1.807) is 0 Å². The smallest absolute Gasteiger partial charge is 0.260 e. The van der Waals surface area contributed by atoms with Crippen LogP contribution < -0.4 is 30.8 Å². The molecule has 0 saturated heterocycles. The fraction of sp³-hybridized carbons (Fsp3) is 0. The molecule has 0 radical (unpaired) electrons. The molecule has 9 aromatic carbocycles. The second-order valence-electron chi connectivity index (χ2n) is 14.4. The second kappa shape index (κ2) is 11.6. The van der Waals surface area contributed by atoms with Gasteiger partial charge in [-0.15, -0.1) is 0 Å². The van der Waals surface area contributed by atoms with E-state index in [0.29, 0.717) is 0 Å². The first-order chi connectivity index (χ1) is 27.3. The molecule has 0 atom stereocenters. The van der Waals surface area contributed by atoms with Crippen LogP contribution in [0.1, 0.15) is 0 Å². The Morgan fingerprint density at radius 2 is 0.982 bits per heavy atom. The van der Waals surface area contributed by atoms with Crippen LogP contribution in [-0.2, 0) is 0 Å². The Kier molecular flexibility index (Phi) is 6.40. The molecule has 10 aromatic rings. The van der Waals surface area contributed by atoms with Gasteiger partial charge in [-0.05, 0) is 76.3 Å². The zero-order valence-electron chi connectivity index (χ0n) is 29.7. The number of benzene rings is 9. The molecule has 0 bridgehead atoms. The Balaban J connectivity index is 1.20. The fourth-order valence-corrected chi connectivity index (χ4v) is 9.06. The van der Waals surface area contributed by atoms with Gasteiger partial charge in [0, 0.05) is 49.8 Å². The molecule has 2 aliphatic rings. The van der Waals surface area contributed by atoms with Gasteiger partial charge in [0.1, 0.15) is 17.2 Å². The number of hydrogen-bond donors (Lipinski definition) is 0. The Hall–Kier alpha value is -7.24. The highest BCUT2D eigenvalue weighted by Crippen LogP contribution is 2.47. The Labute approximate surface area is 318 Å². The van der Waals surface area contributed by atoms with Crippen molar-refractivity contribution in [2.24, 2.45) is 0 Å². The maximum Gasteiger partial charge on any atom is 0.260 e. The van der Waals surface area contributed by atoms with Gasteiger partial charge in [-0.2, -0.15) is 0 Å². The summed E-state index contributed by atoms with van der Waals surface area (Å²) in [7, 11) is 0. The number of aromatic nitrogens is 1. The molecule has 0 saturated carbocycles. The van der Waals surface area contributed by atoms with E-state index in [9.17, 15) is 0 Å². The first-order valence-electron chi connectivity index (χ1n) is 18.8. The average molecular weight is 703 g/mol. The van der Waals surface area contributed by atoms with Gasteiger partial charge in [-0.3, -0.25) is 0 Å². The van der Waals surface area contributed by atoms with Crippen LogP contribution in [0.5, 0.6) is 23.0 Å².